The number of hydrogen-bond acceptors (Lipinski definition) is 5. The number of esters is 1. The van der Waals surface area contributed by atoms with Crippen LogP contribution in [0, 0.1) is 0 Å². The molecule has 1 aromatic heterocycles. The summed E-state index contributed by atoms with van der Waals surface area (Å²) in [6.07, 6.45) is 0. The molecule has 4 aromatic rings. The van der Waals surface area contributed by atoms with Crippen LogP contribution in [0.15, 0.2) is 71.1 Å². The van der Waals surface area contributed by atoms with Crippen molar-refractivity contribution in [3.8, 4) is 5.75 Å². The first-order chi connectivity index (χ1) is 13.6. The largest absolute Gasteiger partial charge is 0.456 e. The predicted molar refractivity (Wildman–Crippen MR) is 101 cm³/mol. The molecule has 5 rings (SSSR count). The number of hydrogen-bond donors (Lipinski definition) is 0. The van der Waals surface area contributed by atoms with Gasteiger partial charge in [-0.15, -0.1) is 0 Å². The zero-order valence-electron chi connectivity index (χ0n) is 14.5. The molecule has 2 heterocycles. The lowest BCUT2D eigenvalue weighted by atomic mass is 10.1. The molecule has 2 amide bonds. The van der Waals surface area contributed by atoms with Gasteiger partial charge in [0.05, 0.1) is 11.1 Å². The van der Waals surface area contributed by atoms with Crippen LogP contribution in [0.4, 0.5) is 0 Å². The Morgan fingerprint density at radius 3 is 2.21 bits per heavy atom. The molecule has 0 spiro atoms. The number of ether oxygens (including phenoxy) is 1. The zero-order chi connectivity index (χ0) is 19.3. The van der Waals surface area contributed by atoms with E-state index in [0.29, 0.717) is 22.5 Å². The Labute approximate surface area is 158 Å². The highest BCUT2D eigenvalue weighted by Crippen LogP contribution is 2.31. The van der Waals surface area contributed by atoms with Gasteiger partial charge >= 0.3 is 5.97 Å². The Morgan fingerprint density at radius 1 is 0.821 bits per heavy atom. The van der Waals surface area contributed by atoms with Gasteiger partial charge in [-0.3, -0.25) is 14.5 Å². The van der Waals surface area contributed by atoms with E-state index in [1.54, 1.807) is 42.5 Å². The van der Waals surface area contributed by atoms with Crippen molar-refractivity contribution in [2.24, 2.45) is 0 Å². The van der Waals surface area contributed by atoms with E-state index in [0.717, 1.165) is 21.3 Å². The minimum Gasteiger partial charge on any atom is -0.456 e. The third-order valence-electron chi connectivity index (χ3n) is 4.75. The average Bonchev–Trinajstić information content (AvgIpc) is 3.19. The normalized spacial score (nSPS) is 13.4. The molecule has 3 aromatic carbocycles. The number of amides is 2. The van der Waals surface area contributed by atoms with E-state index in [4.69, 9.17) is 9.15 Å². The van der Waals surface area contributed by atoms with Crippen molar-refractivity contribution < 1.29 is 23.5 Å². The number of para-hydroxylation sites is 1. The van der Waals surface area contributed by atoms with Gasteiger partial charge in [-0.25, -0.2) is 4.79 Å². The van der Waals surface area contributed by atoms with E-state index in [1.165, 1.54) is 0 Å². The van der Waals surface area contributed by atoms with Crippen molar-refractivity contribution in [1.29, 1.82) is 0 Å². The van der Waals surface area contributed by atoms with E-state index in [9.17, 15) is 14.4 Å². The predicted octanol–water partition coefficient (Wildman–Crippen LogP) is 3.79. The second kappa shape index (κ2) is 6.06. The molecule has 0 N–H and O–H groups in total. The smallest absolute Gasteiger partial charge is 0.331 e. The number of carbonyl (C=O) groups excluding carboxylic acids is 3. The summed E-state index contributed by atoms with van der Waals surface area (Å²) in [5.41, 5.74) is 2.02. The van der Waals surface area contributed by atoms with Gasteiger partial charge in [-0.1, -0.05) is 30.3 Å². The van der Waals surface area contributed by atoms with E-state index in [1.807, 2.05) is 24.3 Å². The van der Waals surface area contributed by atoms with Crippen molar-refractivity contribution in [3.63, 3.8) is 0 Å². The molecule has 0 saturated carbocycles. The molecular weight excluding hydrogens is 358 g/mol. The molecule has 0 aliphatic carbocycles. The van der Waals surface area contributed by atoms with Gasteiger partial charge in [0.2, 0.25) is 0 Å². The van der Waals surface area contributed by atoms with E-state index >= 15 is 0 Å². The average molecular weight is 371 g/mol. The van der Waals surface area contributed by atoms with E-state index < -0.39 is 24.3 Å². The molecular formula is C22H13NO5. The Bertz CT molecular complexity index is 1250. The van der Waals surface area contributed by atoms with Crippen LogP contribution in [0.2, 0.25) is 0 Å². The summed E-state index contributed by atoms with van der Waals surface area (Å²) < 4.78 is 11.1. The van der Waals surface area contributed by atoms with Crippen LogP contribution >= 0.6 is 0 Å². The van der Waals surface area contributed by atoms with Crippen LogP contribution < -0.4 is 4.74 Å². The number of rotatable bonds is 3. The van der Waals surface area contributed by atoms with Crippen LogP contribution in [-0.2, 0) is 4.79 Å². The second-order valence-corrected chi connectivity index (χ2v) is 6.47. The summed E-state index contributed by atoms with van der Waals surface area (Å²) in [7, 11) is 0. The van der Waals surface area contributed by atoms with Crippen molar-refractivity contribution >= 4 is 39.7 Å². The van der Waals surface area contributed by atoms with Crippen molar-refractivity contribution in [2.45, 2.75) is 0 Å². The maximum absolute atomic E-state index is 12.4. The summed E-state index contributed by atoms with van der Waals surface area (Å²) in [6, 6.07) is 19.1. The summed E-state index contributed by atoms with van der Waals surface area (Å²) in [5, 5.41) is 1.73. The number of imide groups is 1. The topological polar surface area (TPSA) is 76.8 Å². The number of carbonyl (C=O) groups is 3. The Morgan fingerprint density at radius 2 is 1.46 bits per heavy atom. The highest BCUT2D eigenvalue weighted by Gasteiger charge is 2.36. The molecule has 28 heavy (non-hydrogen) atoms. The summed E-state index contributed by atoms with van der Waals surface area (Å²) in [4.78, 5) is 38.0. The molecule has 6 nitrogen and oxygen atoms in total. The summed E-state index contributed by atoms with van der Waals surface area (Å²) >= 11 is 0. The third-order valence-corrected chi connectivity index (χ3v) is 4.75. The van der Waals surface area contributed by atoms with Crippen molar-refractivity contribution in [2.75, 3.05) is 6.54 Å². The quantitative estimate of drug-likeness (QED) is 0.311. The SMILES string of the molecule is O=C(CN1C(=O)c2ccccc2C1=O)Oc1ccc2oc3ccccc3c2c1. The van der Waals surface area contributed by atoms with E-state index in [2.05, 4.69) is 0 Å². The lowest BCUT2D eigenvalue weighted by Gasteiger charge is -2.12. The second-order valence-electron chi connectivity index (χ2n) is 6.47. The van der Waals surface area contributed by atoms with Gasteiger partial charge in [0, 0.05) is 10.8 Å². The van der Waals surface area contributed by atoms with Crippen molar-refractivity contribution in [3.05, 3.63) is 77.9 Å². The lowest BCUT2D eigenvalue weighted by Crippen LogP contribution is -2.36. The van der Waals surface area contributed by atoms with Crippen molar-refractivity contribution in [1.82, 2.24) is 4.90 Å². The fourth-order valence-corrected chi connectivity index (χ4v) is 3.44. The summed E-state index contributed by atoms with van der Waals surface area (Å²) in [5.74, 6) is -1.36. The van der Waals surface area contributed by atoms with Gasteiger partial charge in [0.15, 0.2) is 0 Å². The maximum Gasteiger partial charge on any atom is 0.331 e. The monoisotopic (exact) mass is 371 g/mol. The van der Waals surface area contributed by atoms with Gasteiger partial charge in [-0.05, 0) is 36.4 Å². The molecule has 1 aliphatic heterocycles. The highest BCUT2D eigenvalue weighted by atomic mass is 16.5. The molecule has 136 valence electrons. The number of fused-ring (bicyclic) bond motifs is 4. The van der Waals surface area contributed by atoms with Crippen LogP contribution in [0.5, 0.6) is 5.75 Å². The minimum absolute atomic E-state index is 0.298. The Balaban J connectivity index is 1.38. The molecule has 6 heteroatoms. The highest BCUT2D eigenvalue weighted by molar-refractivity contribution is 6.22. The van der Waals surface area contributed by atoms with E-state index in [-0.39, 0.29) is 0 Å². The molecule has 0 radical (unpaired) electrons. The molecule has 0 atom stereocenters. The Hall–Kier alpha value is -3.93. The molecule has 0 unspecified atom stereocenters. The first-order valence-electron chi connectivity index (χ1n) is 8.69. The fraction of sp³-hybridized carbons (Fsp3) is 0.0455. The van der Waals surface area contributed by atoms with Crippen LogP contribution in [-0.4, -0.2) is 29.2 Å². The first kappa shape index (κ1) is 16.3. The van der Waals surface area contributed by atoms with Gasteiger partial charge in [0.1, 0.15) is 23.5 Å². The van der Waals surface area contributed by atoms with Crippen LogP contribution in [0.3, 0.4) is 0 Å². The lowest BCUT2D eigenvalue weighted by molar-refractivity contribution is -0.134. The first-order valence-corrected chi connectivity index (χ1v) is 8.69. The number of benzene rings is 3. The standard InChI is InChI=1S/C22H13NO5/c24-20(12-23-21(25)15-6-1-2-7-16(15)22(23)26)27-13-9-10-19-17(11-13)14-5-3-4-8-18(14)28-19/h1-11H,12H2. The fourth-order valence-electron chi connectivity index (χ4n) is 3.44. The molecule has 1 aliphatic rings. The number of furan rings is 1. The van der Waals surface area contributed by atoms with Crippen LogP contribution in [0.1, 0.15) is 20.7 Å². The number of nitrogens with zero attached hydrogens (tertiary/aromatic N) is 1. The minimum atomic E-state index is -0.693. The van der Waals surface area contributed by atoms with Crippen LogP contribution in [0.25, 0.3) is 21.9 Å². The molecule has 0 saturated heterocycles. The molecule has 0 bridgehead atoms. The maximum atomic E-state index is 12.4. The third kappa shape index (κ3) is 2.46. The Kier molecular flexibility index (Phi) is 3.52. The zero-order valence-corrected chi connectivity index (χ0v) is 14.5. The van der Waals surface area contributed by atoms with Gasteiger partial charge < -0.3 is 9.15 Å². The molecule has 0 fully saturated rings. The van der Waals surface area contributed by atoms with Gasteiger partial charge in [0.25, 0.3) is 11.8 Å². The summed E-state index contributed by atoms with van der Waals surface area (Å²) in [6.45, 7) is -0.448. The van der Waals surface area contributed by atoms with Gasteiger partial charge in [-0.2, -0.15) is 0 Å².